The molecule has 3 N–H and O–H groups in total. The van der Waals surface area contributed by atoms with E-state index in [1.165, 1.54) is 18.6 Å². The molecule has 218 valence electrons. The molecule has 1 saturated carbocycles. The van der Waals surface area contributed by atoms with E-state index in [4.69, 9.17) is 4.99 Å². The first-order chi connectivity index (χ1) is 19.8. The summed E-state index contributed by atoms with van der Waals surface area (Å²) in [6, 6.07) is 5.76. The molecule has 3 atom stereocenters. The van der Waals surface area contributed by atoms with Crippen LogP contribution >= 0.6 is 0 Å². The van der Waals surface area contributed by atoms with Gasteiger partial charge in [0, 0.05) is 24.3 Å². The Balaban J connectivity index is 1.87. The maximum Gasteiger partial charge on any atom is 0.209 e. The minimum atomic E-state index is -0.603. The highest BCUT2D eigenvalue weighted by Gasteiger charge is 2.46. The van der Waals surface area contributed by atoms with Crippen molar-refractivity contribution in [3.8, 4) is 6.07 Å². The molecule has 1 fully saturated rings. The Kier molecular flexibility index (Phi) is 11.7. The first-order valence-electron chi connectivity index (χ1n) is 13.8. The molecule has 0 saturated heterocycles. The largest absolute Gasteiger partial charge is 0.353 e. The lowest BCUT2D eigenvalue weighted by Gasteiger charge is -2.50. The van der Waals surface area contributed by atoms with Crippen LogP contribution in [0.2, 0.25) is 0 Å². The molecule has 1 aromatic rings. The van der Waals surface area contributed by atoms with E-state index in [0.717, 1.165) is 43.0 Å². The highest BCUT2D eigenvalue weighted by atomic mass is 19.1. The third-order valence-electron chi connectivity index (χ3n) is 7.45. The minimum absolute atomic E-state index is 0.00170. The number of allylic oxidation sites excluding steroid dienone is 5. The summed E-state index contributed by atoms with van der Waals surface area (Å²) in [5.41, 5.74) is 4.10. The minimum Gasteiger partial charge on any atom is -0.353 e. The van der Waals surface area contributed by atoms with E-state index in [9.17, 15) is 18.8 Å². The van der Waals surface area contributed by atoms with E-state index < -0.39 is 12.1 Å². The molecule has 1 amide bonds. The number of fused-ring (bicyclic) bond motifs is 1. The summed E-state index contributed by atoms with van der Waals surface area (Å²) in [5, 5.41) is 19.3. The quantitative estimate of drug-likeness (QED) is 0.123. The number of nitrogens with one attached hydrogen (secondary N) is 3. The van der Waals surface area contributed by atoms with Gasteiger partial charge in [0.1, 0.15) is 6.29 Å². The van der Waals surface area contributed by atoms with Gasteiger partial charge in [0.2, 0.25) is 6.41 Å². The van der Waals surface area contributed by atoms with E-state index in [2.05, 4.69) is 46.9 Å². The predicted molar refractivity (Wildman–Crippen MR) is 159 cm³/mol. The number of hydrogen-bond donors (Lipinski definition) is 3. The highest BCUT2D eigenvalue weighted by Crippen LogP contribution is 2.46. The summed E-state index contributed by atoms with van der Waals surface area (Å²) in [6.07, 6.45) is 13.6. The van der Waals surface area contributed by atoms with Crippen LogP contribution in [0, 0.1) is 11.3 Å². The molecule has 0 spiro atoms. The van der Waals surface area contributed by atoms with Crippen LogP contribution in [0.4, 0.5) is 14.5 Å². The molecular formula is C31H39F2N7O. The van der Waals surface area contributed by atoms with Gasteiger partial charge in [-0.3, -0.25) is 25.4 Å². The van der Waals surface area contributed by atoms with Crippen molar-refractivity contribution in [2.75, 3.05) is 18.1 Å². The van der Waals surface area contributed by atoms with Crippen molar-refractivity contribution in [1.82, 2.24) is 20.9 Å². The molecule has 8 nitrogen and oxygen atoms in total. The third-order valence-corrected chi connectivity index (χ3v) is 7.45. The molecule has 3 unspecified atom stereocenters. The summed E-state index contributed by atoms with van der Waals surface area (Å²) in [5.74, 6) is -0.516. The number of nitrogens with zero attached hydrogens (tertiary/aromatic N) is 4. The summed E-state index contributed by atoms with van der Waals surface area (Å²) in [7, 11) is 0. The molecule has 0 aliphatic heterocycles. The van der Waals surface area contributed by atoms with E-state index in [-0.39, 0.29) is 36.7 Å². The maximum absolute atomic E-state index is 14.0. The first-order valence-corrected chi connectivity index (χ1v) is 13.8. The molecule has 41 heavy (non-hydrogen) atoms. The van der Waals surface area contributed by atoms with Gasteiger partial charge in [0.05, 0.1) is 48.1 Å². The Hall–Kier alpha value is -3.94. The SMILES string of the molecule is C/C=C1/CC2(NC(NC=O)NCN(CC(/C=C(\C)F)=C(C#N)/C=C/F)c3cccnc3)CCC2=CC1=NC(C)CC. The van der Waals surface area contributed by atoms with Gasteiger partial charge in [-0.25, -0.2) is 8.78 Å². The van der Waals surface area contributed by atoms with Crippen LogP contribution in [0.5, 0.6) is 0 Å². The van der Waals surface area contributed by atoms with E-state index in [1.807, 2.05) is 24.0 Å². The van der Waals surface area contributed by atoms with Crippen molar-refractivity contribution in [2.45, 2.75) is 71.2 Å². The van der Waals surface area contributed by atoms with Crippen molar-refractivity contribution >= 4 is 17.8 Å². The van der Waals surface area contributed by atoms with Crippen LogP contribution in [0.25, 0.3) is 0 Å². The number of nitriles is 1. The van der Waals surface area contributed by atoms with Gasteiger partial charge in [0.25, 0.3) is 0 Å². The Bertz CT molecular complexity index is 1290. The highest BCUT2D eigenvalue weighted by molar-refractivity contribution is 6.10. The number of amides is 1. The smallest absolute Gasteiger partial charge is 0.209 e. The molecule has 0 bridgehead atoms. The first kappa shape index (κ1) is 31.6. The summed E-state index contributed by atoms with van der Waals surface area (Å²) in [6.45, 7) is 7.79. The maximum atomic E-state index is 14.0. The van der Waals surface area contributed by atoms with Crippen molar-refractivity contribution in [3.63, 3.8) is 0 Å². The Morgan fingerprint density at radius 1 is 1.41 bits per heavy atom. The fourth-order valence-electron chi connectivity index (χ4n) is 4.98. The van der Waals surface area contributed by atoms with Gasteiger partial charge in [-0.05, 0) is 93.5 Å². The fraction of sp³-hybridized carbons (Fsp3) is 0.419. The van der Waals surface area contributed by atoms with Crippen LogP contribution in [0.3, 0.4) is 0 Å². The average Bonchev–Trinajstić information content (AvgIpc) is 2.96. The average molecular weight is 564 g/mol. The number of halogens is 2. The molecule has 2 aliphatic rings. The lowest BCUT2D eigenvalue weighted by atomic mass is 9.64. The topological polar surface area (TPSA) is 105 Å². The zero-order valence-corrected chi connectivity index (χ0v) is 24.1. The van der Waals surface area contributed by atoms with Crippen LogP contribution in [-0.4, -0.2) is 48.2 Å². The Morgan fingerprint density at radius 2 is 2.22 bits per heavy atom. The standard InChI is InChI=1S/C31H39F2N7O/c1-5-23(4)38-29-15-27-9-11-31(27,16-24(29)6-2)39-30(37-21-41)36-20-40(28-8-7-13-35-18-28)19-26(14-22(3)33)25(17-34)10-12-32/h6-8,10,12-15,18,21,23,30,36,39H,5,9,11,16,19-20H2,1-4H3,(H,37,41)/b12-10+,22-14+,24-6-,26-25-,38-29?. The number of rotatable bonds is 14. The monoisotopic (exact) mass is 563 g/mol. The number of hydrogen-bond acceptors (Lipinski definition) is 7. The van der Waals surface area contributed by atoms with Gasteiger partial charge in [-0.1, -0.05) is 13.0 Å². The van der Waals surface area contributed by atoms with E-state index in [1.54, 1.807) is 18.5 Å². The van der Waals surface area contributed by atoms with Gasteiger partial charge < -0.3 is 10.2 Å². The molecule has 3 rings (SSSR count). The molecule has 2 aliphatic carbocycles. The summed E-state index contributed by atoms with van der Waals surface area (Å²) >= 11 is 0. The number of aliphatic imine (C=N–C) groups is 1. The van der Waals surface area contributed by atoms with Crippen molar-refractivity contribution < 1.29 is 13.6 Å². The number of anilines is 1. The van der Waals surface area contributed by atoms with Gasteiger partial charge in [-0.15, -0.1) is 0 Å². The molecule has 0 radical (unpaired) electrons. The number of aromatic nitrogens is 1. The zero-order valence-electron chi connectivity index (χ0n) is 24.1. The van der Waals surface area contributed by atoms with Crippen LogP contribution in [0.15, 0.2) is 88.3 Å². The van der Waals surface area contributed by atoms with E-state index in [0.29, 0.717) is 17.7 Å². The van der Waals surface area contributed by atoms with E-state index >= 15 is 0 Å². The normalized spacial score (nSPS) is 22.8. The predicted octanol–water partition coefficient (Wildman–Crippen LogP) is 5.28. The molecule has 1 heterocycles. The Morgan fingerprint density at radius 3 is 2.78 bits per heavy atom. The lowest BCUT2D eigenvalue weighted by Crippen LogP contribution is -2.66. The number of carbonyl (C=O) groups excluding carboxylic acids is 1. The molecule has 10 heteroatoms. The van der Waals surface area contributed by atoms with Crippen molar-refractivity contribution in [1.29, 1.82) is 5.26 Å². The number of pyridine rings is 1. The van der Waals surface area contributed by atoms with Gasteiger partial charge >= 0.3 is 0 Å². The van der Waals surface area contributed by atoms with Gasteiger partial charge in [0.15, 0.2) is 0 Å². The number of carbonyl (C=O) groups is 1. The third kappa shape index (κ3) is 8.28. The second-order valence-electron chi connectivity index (χ2n) is 10.2. The summed E-state index contributed by atoms with van der Waals surface area (Å²) in [4.78, 5) is 22.5. The van der Waals surface area contributed by atoms with Gasteiger partial charge in [-0.2, -0.15) is 5.26 Å². The molecular weight excluding hydrogens is 524 g/mol. The molecule has 1 aromatic heterocycles. The Labute approximate surface area is 241 Å². The zero-order chi connectivity index (χ0) is 29.8. The van der Waals surface area contributed by atoms with Crippen molar-refractivity contribution in [3.05, 3.63) is 83.3 Å². The second kappa shape index (κ2) is 15.2. The second-order valence-corrected chi connectivity index (χ2v) is 10.2. The molecule has 0 aromatic carbocycles. The van der Waals surface area contributed by atoms with Crippen LogP contribution in [0.1, 0.15) is 53.4 Å². The fourth-order valence-corrected chi connectivity index (χ4v) is 4.98. The van der Waals surface area contributed by atoms with Crippen LogP contribution < -0.4 is 20.9 Å². The van der Waals surface area contributed by atoms with Crippen molar-refractivity contribution in [2.24, 2.45) is 4.99 Å². The lowest BCUT2D eigenvalue weighted by molar-refractivity contribution is -0.110. The summed E-state index contributed by atoms with van der Waals surface area (Å²) < 4.78 is 27.0. The van der Waals surface area contributed by atoms with Crippen LogP contribution in [-0.2, 0) is 4.79 Å².